The van der Waals surface area contributed by atoms with Gasteiger partial charge in [-0.2, -0.15) is 0 Å². The van der Waals surface area contributed by atoms with Crippen LogP contribution in [0, 0.1) is 0 Å². The number of anilines is 2. The maximum absolute atomic E-state index is 12.4. The number of aromatic nitrogens is 1. The van der Waals surface area contributed by atoms with E-state index in [2.05, 4.69) is 62.5 Å². The van der Waals surface area contributed by atoms with Crippen LogP contribution in [0.4, 0.5) is 24.5 Å². The summed E-state index contributed by atoms with van der Waals surface area (Å²) < 4.78 is 41.3. The lowest BCUT2D eigenvalue weighted by Gasteiger charge is -2.30. The Morgan fingerprint density at radius 1 is 1.06 bits per heavy atom. The Kier molecular flexibility index (Phi) is 5.67. The SMILES string of the molecule is CN(C)c1ccc2c(CN3CN(c4ccc(OC(F)(F)F)cc4)CC3(C)C)ccnc2c1. The normalized spacial score (nSPS) is 16.5. The van der Waals surface area contributed by atoms with Crippen LogP contribution in [0.2, 0.25) is 0 Å². The van der Waals surface area contributed by atoms with Crippen LogP contribution in [0.3, 0.4) is 0 Å². The van der Waals surface area contributed by atoms with Crippen LogP contribution < -0.4 is 14.5 Å². The van der Waals surface area contributed by atoms with Crippen molar-refractivity contribution in [3.05, 3.63) is 60.3 Å². The van der Waals surface area contributed by atoms with Crippen molar-refractivity contribution >= 4 is 22.3 Å². The molecule has 0 unspecified atom stereocenters. The van der Waals surface area contributed by atoms with Crippen molar-refractivity contribution < 1.29 is 17.9 Å². The van der Waals surface area contributed by atoms with Crippen molar-refractivity contribution in [2.45, 2.75) is 32.3 Å². The van der Waals surface area contributed by atoms with E-state index >= 15 is 0 Å². The van der Waals surface area contributed by atoms with Crippen molar-refractivity contribution in [3.63, 3.8) is 0 Å². The Hall–Kier alpha value is -3.00. The molecule has 0 radical (unpaired) electrons. The van der Waals surface area contributed by atoms with E-state index < -0.39 is 6.36 Å². The van der Waals surface area contributed by atoms with Gasteiger partial charge in [-0.05, 0) is 61.9 Å². The fourth-order valence-corrected chi connectivity index (χ4v) is 4.13. The number of halogens is 3. The molecule has 170 valence electrons. The van der Waals surface area contributed by atoms with Gasteiger partial charge in [0, 0.05) is 55.7 Å². The standard InChI is InChI=1S/C24H27F3N4O/c1-23(2)15-30(18-5-8-20(9-6-18)32-24(25,26)27)16-31(23)14-17-11-12-28-22-13-19(29(3)4)7-10-21(17)22/h5-13H,14-16H2,1-4H3. The van der Waals surface area contributed by atoms with E-state index in [1.807, 2.05) is 20.3 Å². The quantitative estimate of drug-likeness (QED) is 0.536. The van der Waals surface area contributed by atoms with Gasteiger partial charge in [-0.1, -0.05) is 6.07 Å². The summed E-state index contributed by atoms with van der Waals surface area (Å²) in [4.78, 5) is 11.1. The molecule has 1 aliphatic heterocycles. The molecule has 5 nitrogen and oxygen atoms in total. The molecule has 4 rings (SSSR count). The Balaban J connectivity index is 1.53. The maximum Gasteiger partial charge on any atom is 0.573 e. The van der Waals surface area contributed by atoms with Gasteiger partial charge in [-0.3, -0.25) is 9.88 Å². The van der Waals surface area contributed by atoms with Crippen LogP contribution in [0.5, 0.6) is 5.75 Å². The highest BCUT2D eigenvalue weighted by Crippen LogP contribution is 2.33. The lowest BCUT2D eigenvalue weighted by Crippen LogP contribution is -2.39. The topological polar surface area (TPSA) is 31.8 Å². The van der Waals surface area contributed by atoms with Gasteiger partial charge in [0.1, 0.15) is 5.75 Å². The van der Waals surface area contributed by atoms with Crippen LogP contribution in [0.25, 0.3) is 10.9 Å². The second-order valence-electron chi connectivity index (χ2n) is 8.96. The monoisotopic (exact) mass is 444 g/mol. The van der Waals surface area contributed by atoms with Crippen molar-refractivity contribution in [2.24, 2.45) is 0 Å². The van der Waals surface area contributed by atoms with Crippen molar-refractivity contribution in [3.8, 4) is 5.75 Å². The second kappa shape index (κ2) is 8.16. The lowest BCUT2D eigenvalue weighted by molar-refractivity contribution is -0.274. The zero-order valence-electron chi connectivity index (χ0n) is 18.6. The summed E-state index contributed by atoms with van der Waals surface area (Å²) in [6.45, 7) is 6.55. The summed E-state index contributed by atoms with van der Waals surface area (Å²) in [7, 11) is 4.02. The third kappa shape index (κ3) is 4.75. The molecule has 0 spiro atoms. The molecule has 1 saturated heterocycles. The molecule has 1 aromatic heterocycles. The molecular formula is C24H27F3N4O. The fourth-order valence-electron chi connectivity index (χ4n) is 4.13. The summed E-state index contributed by atoms with van der Waals surface area (Å²) in [5.41, 5.74) is 4.02. The molecule has 2 heterocycles. The largest absolute Gasteiger partial charge is 0.573 e. The van der Waals surface area contributed by atoms with Crippen molar-refractivity contribution in [1.82, 2.24) is 9.88 Å². The Labute approximate surface area is 186 Å². The number of rotatable bonds is 5. The van der Waals surface area contributed by atoms with E-state index in [0.717, 1.165) is 35.4 Å². The van der Waals surface area contributed by atoms with E-state index in [0.29, 0.717) is 6.67 Å². The van der Waals surface area contributed by atoms with E-state index in [1.54, 1.807) is 12.1 Å². The first-order valence-electron chi connectivity index (χ1n) is 10.4. The molecule has 32 heavy (non-hydrogen) atoms. The fraction of sp³-hybridized carbons (Fsp3) is 0.375. The molecule has 2 aromatic carbocycles. The summed E-state index contributed by atoms with van der Waals surface area (Å²) >= 11 is 0. The van der Waals surface area contributed by atoms with Gasteiger partial charge >= 0.3 is 6.36 Å². The second-order valence-corrected chi connectivity index (χ2v) is 8.96. The van der Waals surface area contributed by atoms with Gasteiger partial charge in [-0.15, -0.1) is 13.2 Å². The third-order valence-corrected chi connectivity index (χ3v) is 5.90. The van der Waals surface area contributed by atoms with E-state index in [4.69, 9.17) is 0 Å². The Morgan fingerprint density at radius 2 is 1.78 bits per heavy atom. The van der Waals surface area contributed by atoms with Gasteiger partial charge in [0.25, 0.3) is 0 Å². The number of pyridine rings is 1. The lowest BCUT2D eigenvalue weighted by atomic mass is 10.0. The minimum Gasteiger partial charge on any atom is -0.406 e. The van der Waals surface area contributed by atoms with Crippen molar-refractivity contribution in [1.29, 1.82) is 0 Å². The number of alkyl halides is 3. The molecule has 1 fully saturated rings. The number of ether oxygens (including phenoxy) is 1. The molecule has 0 bridgehead atoms. The minimum atomic E-state index is -4.69. The van der Waals surface area contributed by atoms with Crippen LogP contribution in [-0.2, 0) is 6.54 Å². The van der Waals surface area contributed by atoms with Gasteiger partial charge in [-0.25, -0.2) is 0 Å². The zero-order chi connectivity index (χ0) is 23.1. The Morgan fingerprint density at radius 3 is 2.44 bits per heavy atom. The van der Waals surface area contributed by atoms with Crippen LogP contribution >= 0.6 is 0 Å². The maximum atomic E-state index is 12.4. The predicted molar refractivity (Wildman–Crippen MR) is 121 cm³/mol. The zero-order valence-corrected chi connectivity index (χ0v) is 18.6. The molecule has 8 heteroatoms. The van der Waals surface area contributed by atoms with Crippen LogP contribution in [-0.4, -0.2) is 49.1 Å². The molecule has 3 aromatic rings. The first-order valence-corrected chi connectivity index (χ1v) is 10.4. The van der Waals surface area contributed by atoms with Crippen LogP contribution in [0.1, 0.15) is 19.4 Å². The van der Waals surface area contributed by atoms with E-state index in [9.17, 15) is 13.2 Å². The molecule has 1 aliphatic rings. The van der Waals surface area contributed by atoms with Gasteiger partial charge < -0.3 is 14.5 Å². The highest BCUT2D eigenvalue weighted by Gasteiger charge is 2.37. The first kappa shape index (κ1) is 22.2. The number of nitrogens with zero attached hydrogens (tertiary/aromatic N) is 4. The number of hydrogen-bond donors (Lipinski definition) is 0. The summed E-state index contributed by atoms with van der Waals surface area (Å²) in [6, 6.07) is 14.4. The highest BCUT2D eigenvalue weighted by molar-refractivity contribution is 5.85. The molecular weight excluding hydrogens is 417 g/mol. The molecule has 0 saturated carbocycles. The Bertz CT molecular complexity index is 1100. The first-order chi connectivity index (χ1) is 15.0. The summed E-state index contributed by atoms with van der Waals surface area (Å²) in [6.07, 6.45) is -2.84. The number of fused-ring (bicyclic) bond motifs is 1. The molecule has 0 aliphatic carbocycles. The predicted octanol–water partition coefficient (Wildman–Crippen LogP) is 5.26. The molecule has 0 atom stereocenters. The van der Waals surface area contributed by atoms with E-state index in [1.165, 1.54) is 17.7 Å². The number of hydrogen-bond acceptors (Lipinski definition) is 5. The number of benzene rings is 2. The summed E-state index contributed by atoms with van der Waals surface area (Å²) in [5.74, 6) is -0.211. The minimum absolute atomic E-state index is 0.111. The average Bonchev–Trinajstić information content (AvgIpc) is 3.01. The van der Waals surface area contributed by atoms with E-state index in [-0.39, 0.29) is 11.3 Å². The summed E-state index contributed by atoms with van der Waals surface area (Å²) in [5, 5.41) is 1.13. The van der Waals surface area contributed by atoms with Crippen LogP contribution in [0.15, 0.2) is 54.7 Å². The van der Waals surface area contributed by atoms with Gasteiger partial charge in [0.05, 0.1) is 12.2 Å². The average molecular weight is 445 g/mol. The molecule has 0 N–H and O–H groups in total. The highest BCUT2D eigenvalue weighted by atomic mass is 19.4. The third-order valence-electron chi connectivity index (χ3n) is 5.90. The van der Waals surface area contributed by atoms with Gasteiger partial charge in [0.15, 0.2) is 0 Å². The van der Waals surface area contributed by atoms with Crippen molar-refractivity contribution in [2.75, 3.05) is 37.1 Å². The molecule has 0 amide bonds. The smallest absolute Gasteiger partial charge is 0.406 e. The van der Waals surface area contributed by atoms with Gasteiger partial charge in [0.2, 0.25) is 0 Å².